The van der Waals surface area contributed by atoms with Crippen LogP contribution >= 0.6 is 0 Å². The van der Waals surface area contributed by atoms with E-state index in [1.54, 1.807) is 18.5 Å². The first-order valence-electron chi connectivity index (χ1n) is 7.54. The average molecular weight is 338 g/mol. The molecule has 2 atom stereocenters. The molecule has 8 heteroatoms. The van der Waals surface area contributed by atoms with Gasteiger partial charge in [0.25, 0.3) is 0 Å². The molecule has 0 bridgehead atoms. The van der Waals surface area contributed by atoms with Gasteiger partial charge in [0, 0.05) is 25.5 Å². The Morgan fingerprint density at radius 2 is 1.83 bits per heavy atom. The van der Waals surface area contributed by atoms with Gasteiger partial charge in [-0.2, -0.15) is 13.2 Å². The molecule has 5 nitrogen and oxygen atoms in total. The molecular formula is C16H17F3N4O. The van der Waals surface area contributed by atoms with Gasteiger partial charge in [0.05, 0.1) is 24.3 Å². The van der Waals surface area contributed by atoms with E-state index < -0.39 is 11.7 Å². The molecular weight excluding hydrogens is 321 g/mol. The van der Waals surface area contributed by atoms with Crippen LogP contribution in [-0.2, 0) is 17.5 Å². The maximum atomic E-state index is 12.5. The molecule has 24 heavy (non-hydrogen) atoms. The fraction of sp³-hybridized carbons (Fsp3) is 0.375. The number of anilines is 1. The van der Waals surface area contributed by atoms with Gasteiger partial charge in [0.15, 0.2) is 0 Å². The van der Waals surface area contributed by atoms with Crippen LogP contribution in [0.1, 0.15) is 11.1 Å². The number of benzene rings is 1. The molecule has 0 saturated carbocycles. The van der Waals surface area contributed by atoms with Gasteiger partial charge < -0.3 is 15.4 Å². The molecule has 0 aliphatic carbocycles. The van der Waals surface area contributed by atoms with Crippen molar-refractivity contribution in [1.82, 2.24) is 15.3 Å². The first kappa shape index (κ1) is 16.7. The molecule has 1 saturated heterocycles. The lowest BCUT2D eigenvalue weighted by Gasteiger charge is -2.20. The van der Waals surface area contributed by atoms with Gasteiger partial charge in [-0.3, -0.25) is 0 Å². The molecule has 2 N–H and O–H groups in total. The largest absolute Gasteiger partial charge is 0.416 e. The number of nitrogens with one attached hydrogen (secondary N) is 2. The van der Waals surface area contributed by atoms with E-state index in [4.69, 9.17) is 4.74 Å². The molecule has 0 spiro atoms. The third kappa shape index (κ3) is 4.21. The highest BCUT2D eigenvalue weighted by Crippen LogP contribution is 2.29. The van der Waals surface area contributed by atoms with E-state index in [-0.39, 0.29) is 18.8 Å². The van der Waals surface area contributed by atoms with Crippen molar-refractivity contribution >= 4 is 5.95 Å². The van der Waals surface area contributed by atoms with Crippen molar-refractivity contribution in [2.45, 2.75) is 24.9 Å². The highest BCUT2D eigenvalue weighted by molar-refractivity contribution is 5.27. The molecule has 3 rings (SSSR count). The Morgan fingerprint density at radius 1 is 1.12 bits per heavy atom. The van der Waals surface area contributed by atoms with Crippen LogP contribution < -0.4 is 10.6 Å². The summed E-state index contributed by atoms with van der Waals surface area (Å²) in [6.45, 7) is 1.61. The van der Waals surface area contributed by atoms with Crippen LogP contribution in [0, 0.1) is 0 Å². The van der Waals surface area contributed by atoms with Gasteiger partial charge in [0.1, 0.15) is 0 Å². The normalized spacial score (nSPS) is 21.0. The number of ether oxygens (including phenoxy) is 1. The first-order chi connectivity index (χ1) is 11.5. The van der Waals surface area contributed by atoms with Crippen LogP contribution in [0.25, 0.3) is 0 Å². The predicted molar refractivity (Wildman–Crippen MR) is 82.3 cm³/mol. The van der Waals surface area contributed by atoms with E-state index in [2.05, 4.69) is 20.6 Å². The summed E-state index contributed by atoms with van der Waals surface area (Å²) in [5.74, 6) is 0.523. The zero-order valence-electron chi connectivity index (χ0n) is 12.8. The van der Waals surface area contributed by atoms with Gasteiger partial charge in [-0.25, -0.2) is 9.97 Å². The molecule has 1 aromatic heterocycles. The molecule has 1 aromatic carbocycles. The summed E-state index contributed by atoms with van der Waals surface area (Å²) in [5.41, 5.74) is 0.0409. The number of hydrogen-bond acceptors (Lipinski definition) is 5. The lowest BCUT2D eigenvalue weighted by Crippen LogP contribution is -2.34. The quantitative estimate of drug-likeness (QED) is 0.877. The number of halogens is 3. The number of hydrogen-bond donors (Lipinski definition) is 2. The molecule has 1 aliphatic heterocycles. The lowest BCUT2D eigenvalue weighted by molar-refractivity contribution is -0.137. The minimum absolute atomic E-state index is 0.00171. The van der Waals surface area contributed by atoms with Gasteiger partial charge in [-0.05, 0) is 23.8 Å². The second-order valence-electron chi connectivity index (χ2n) is 5.53. The zero-order valence-corrected chi connectivity index (χ0v) is 12.8. The fourth-order valence-electron chi connectivity index (χ4n) is 2.51. The van der Waals surface area contributed by atoms with E-state index in [0.717, 1.165) is 12.1 Å². The Labute approximate surface area is 137 Å². The number of aromatic nitrogens is 2. The topological polar surface area (TPSA) is 59.1 Å². The van der Waals surface area contributed by atoms with E-state index >= 15 is 0 Å². The Bertz CT molecular complexity index is 649. The SMILES string of the molecule is FC(F)(F)c1ccc(CO[C@@H]2CNC[C@H]2Nc2ncccn2)cc1. The van der Waals surface area contributed by atoms with Crippen LogP contribution in [-0.4, -0.2) is 35.2 Å². The van der Waals surface area contributed by atoms with Crippen molar-refractivity contribution in [2.24, 2.45) is 0 Å². The molecule has 2 aromatic rings. The average Bonchev–Trinajstić information content (AvgIpc) is 3.00. The van der Waals surface area contributed by atoms with E-state index in [9.17, 15) is 13.2 Å². The van der Waals surface area contributed by atoms with Crippen molar-refractivity contribution in [3.63, 3.8) is 0 Å². The molecule has 2 heterocycles. The smallest absolute Gasteiger partial charge is 0.370 e. The first-order valence-corrected chi connectivity index (χ1v) is 7.54. The number of alkyl halides is 3. The highest BCUT2D eigenvalue weighted by Gasteiger charge is 2.30. The maximum Gasteiger partial charge on any atom is 0.416 e. The predicted octanol–water partition coefficient (Wildman–Crippen LogP) is 2.46. The van der Waals surface area contributed by atoms with Crippen LogP contribution in [0.4, 0.5) is 19.1 Å². The zero-order chi connectivity index (χ0) is 17.0. The van der Waals surface area contributed by atoms with Crippen LogP contribution in [0.5, 0.6) is 0 Å². The summed E-state index contributed by atoms with van der Waals surface area (Å²) in [5, 5.41) is 6.41. The number of rotatable bonds is 5. The van der Waals surface area contributed by atoms with Gasteiger partial charge >= 0.3 is 6.18 Å². The van der Waals surface area contributed by atoms with Gasteiger partial charge in [-0.15, -0.1) is 0 Å². The summed E-state index contributed by atoms with van der Waals surface area (Å²) < 4.78 is 43.5. The molecule has 0 amide bonds. The third-order valence-electron chi connectivity index (χ3n) is 3.78. The van der Waals surface area contributed by atoms with Crippen molar-refractivity contribution in [3.05, 3.63) is 53.9 Å². The standard InChI is InChI=1S/C16H17F3N4O/c17-16(18,19)12-4-2-11(3-5-12)10-24-14-9-20-8-13(14)23-15-21-6-1-7-22-15/h1-7,13-14,20H,8-10H2,(H,21,22,23)/t13-,14-/m1/s1. The third-order valence-corrected chi connectivity index (χ3v) is 3.78. The minimum atomic E-state index is -4.32. The molecule has 128 valence electrons. The Balaban J connectivity index is 1.55. The van der Waals surface area contributed by atoms with E-state index in [1.165, 1.54) is 12.1 Å². The monoisotopic (exact) mass is 338 g/mol. The molecule has 1 aliphatic rings. The second kappa shape index (κ2) is 7.14. The van der Waals surface area contributed by atoms with Gasteiger partial charge in [-0.1, -0.05) is 12.1 Å². The van der Waals surface area contributed by atoms with Crippen molar-refractivity contribution in [2.75, 3.05) is 18.4 Å². The summed E-state index contributed by atoms with van der Waals surface area (Å²) in [6, 6.07) is 6.75. The van der Waals surface area contributed by atoms with Crippen molar-refractivity contribution in [1.29, 1.82) is 0 Å². The van der Waals surface area contributed by atoms with Crippen LogP contribution in [0.3, 0.4) is 0 Å². The fourth-order valence-corrected chi connectivity index (χ4v) is 2.51. The molecule has 0 unspecified atom stereocenters. The Kier molecular flexibility index (Phi) is 4.96. The minimum Gasteiger partial charge on any atom is -0.370 e. The second-order valence-corrected chi connectivity index (χ2v) is 5.53. The maximum absolute atomic E-state index is 12.5. The van der Waals surface area contributed by atoms with Crippen molar-refractivity contribution < 1.29 is 17.9 Å². The Hall–Kier alpha value is -2.19. The summed E-state index contributed by atoms with van der Waals surface area (Å²) in [7, 11) is 0. The Morgan fingerprint density at radius 3 is 2.50 bits per heavy atom. The van der Waals surface area contributed by atoms with Gasteiger partial charge in [0.2, 0.25) is 5.95 Å². The van der Waals surface area contributed by atoms with Crippen LogP contribution in [0.2, 0.25) is 0 Å². The lowest BCUT2D eigenvalue weighted by atomic mass is 10.1. The van der Waals surface area contributed by atoms with Crippen molar-refractivity contribution in [3.8, 4) is 0 Å². The van der Waals surface area contributed by atoms with Crippen LogP contribution in [0.15, 0.2) is 42.7 Å². The summed E-state index contributed by atoms with van der Waals surface area (Å²) in [6.07, 6.45) is -1.14. The summed E-state index contributed by atoms with van der Waals surface area (Å²) in [4.78, 5) is 8.23. The van der Waals surface area contributed by atoms with E-state index in [1.807, 2.05) is 0 Å². The number of nitrogens with zero attached hydrogens (tertiary/aromatic N) is 2. The van der Waals surface area contributed by atoms with E-state index in [0.29, 0.717) is 24.6 Å². The molecule has 0 radical (unpaired) electrons. The highest BCUT2D eigenvalue weighted by atomic mass is 19.4. The summed E-state index contributed by atoms with van der Waals surface area (Å²) >= 11 is 0. The molecule has 1 fully saturated rings.